The zero-order chi connectivity index (χ0) is 15.7. The highest BCUT2D eigenvalue weighted by Gasteiger charge is 2.45. The van der Waals surface area contributed by atoms with E-state index in [0.29, 0.717) is 24.6 Å². The van der Waals surface area contributed by atoms with Gasteiger partial charge < -0.3 is 5.32 Å². The van der Waals surface area contributed by atoms with E-state index in [1.165, 1.54) is 18.9 Å². The molecule has 1 heterocycles. The Morgan fingerprint density at radius 1 is 1.41 bits per heavy atom. The molecule has 1 aromatic rings. The number of amides is 1. The smallest absolute Gasteiger partial charge is 0.223 e. The number of benzene rings is 1. The minimum Gasteiger partial charge on any atom is -0.355 e. The number of likely N-dealkylation sites (tertiary alicyclic amines) is 1. The largest absolute Gasteiger partial charge is 0.355 e. The predicted octanol–water partition coefficient (Wildman–Crippen LogP) is 2.67. The number of hydrogen-bond acceptors (Lipinski definition) is 2. The minimum absolute atomic E-state index is 0.0412. The van der Waals surface area contributed by atoms with Crippen LogP contribution in [0.5, 0.6) is 0 Å². The Bertz CT molecular complexity index is 564. The lowest BCUT2D eigenvalue weighted by Crippen LogP contribution is -2.37. The summed E-state index contributed by atoms with van der Waals surface area (Å²) in [5.41, 5.74) is 0.327. The second kappa shape index (κ2) is 6.32. The summed E-state index contributed by atoms with van der Waals surface area (Å²) in [6, 6.07) is 4.03. The molecular formula is C17H22F2N2O. The fraction of sp³-hybridized carbons (Fsp3) is 0.588. The maximum atomic E-state index is 13.7. The summed E-state index contributed by atoms with van der Waals surface area (Å²) >= 11 is 0. The molecule has 1 aliphatic heterocycles. The molecule has 2 aliphatic rings. The first-order valence-electron chi connectivity index (χ1n) is 8.03. The molecule has 1 amide bonds. The van der Waals surface area contributed by atoms with E-state index in [2.05, 4.69) is 17.1 Å². The van der Waals surface area contributed by atoms with Crippen LogP contribution in [0, 0.1) is 17.6 Å². The van der Waals surface area contributed by atoms with Gasteiger partial charge in [-0.15, -0.1) is 0 Å². The number of rotatable bonds is 5. The molecule has 2 fully saturated rings. The fourth-order valence-electron chi connectivity index (χ4n) is 3.41. The first-order valence-corrected chi connectivity index (χ1v) is 8.03. The van der Waals surface area contributed by atoms with E-state index in [-0.39, 0.29) is 17.7 Å². The van der Waals surface area contributed by atoms with Gasteiger partial charge in [-0.25, -0.2) is 8.78 Å². The lowest BCUT2D eigenvalue weighted by Gasteiger charge is -2.20. The van der Waals surface area contributed by atoms with Crippen molar-refractivity contribution in [2.45, 2.75) is 38.1 Å². The monoisotopic (exact) mass is 308 g/mol. The molecule has 3 nitrogen and oxygen atoms in total. The molecule has 0 radical (unpaired) electrons. The highest BCUT2D eigenvalue weighted by atomic mass is 19.1. The Labute approximate surface area is 129 Å². The van der Waals surface area contributed by atoms with Gasteiger partial charge in [-0.1, -0.05) is 0 Å². The fourth-order valence-corrected chi connectivity index (χ4v) is 3.41. The van der Waals surface area contributed by atoms with Crippen LogP contribution in [0.15, 0.2) is 18.2 Å². The number of nitrogens with one attached hydrogen (secondary N) is 1. The van der Waals surface area contributed by atoms with Crippen LogP contribution >= 0.6 is 0 Å². The Morgan fingerprint density at radius 2 is 2.23 bits per heavy atom. The van der Waals surface area contributed by atoms with Crippen molar-refractivity contribution >= 4 is 5.91 Å². The van der Waals surface area contributed by atoms with Crippen LogP contribution in [0.2, 0.25) is 0 Å². The van der Waals surface area contributed by atoms with Gasteiger partial charge in [0.05, 0.1) is 0 Å². The highest BCUT2D eigenvalue weighted by Crippen LogP contribution is 2.48. The summed E-state index contributed by atoms with van der Waals surface area (Å²) in [5.74, 6) is -1.31. The van der Waals surface area contributed by atoms with Crippen LogP contribution in [0.3, 0.4) is 0 Å². The Hall–Kier alpha value is -1.49. The van der Waals surface area contributed by atoms with E-state index in [1.807, 2.05) is 0 Å². The van der Waals surface area contributed by atoms with Crippen LogP contribution in [-0.4, -0.2) is 36.5 Å². The molecule has 0 spiro atoms. The average Bonchev–Trinajstić information content (AvgIpc) is 3.19. The van der Waals surface area contributed by atoms with E-state index in [0.717, 1.165) is 25.2 Å². The molecule has 22 heavy (non-hydrogen) atoms. The van der Waals surface area contributed by atoms with Gasteiger partial charge in [0.25, 0.3) is 0 Å². The van der Waals surface area contributed by atoms with Crippen molar-refractivity contribution in [2.75, 3.05) is 19.6 Å². The number of carbonyl (C=O) groups is 1. The quantitative estimate of drug-likeness (QED) is 0.907. The minimum atomic E-state index is -0.453. The van der Waals surface area contributed by atoms with E-state index in [1.54, 1.807) is 0 Å². The molecule has 0 bridgehead atoms. The van der Waals surface area contributed by atoms with Crippen molar-refractivity contribution in [1.82, 2.24) is 10.2 Å². The molecule has 0 aromatic heterocycles. The van der Waals surface area contributed by atoms with Gasteiger partial charge in [0.15, 0.2) is 0 Å². The van der Waals surface area contributed by atoms with Crippen molar-refractivity contribution in [3.05, 3.63) is 35.4 Å². The second-order valence-electron chi connectivity index (χ2n) is 6.43. The van der Waals surface area contributed by atoms with Gasteiger partial charge in [0.2, 0.25) is 5.91 Å². The van der Waals surface area contributed by atoms with Crippen LogP contribution in [0.1, 0.15) is 37.7 Å². The maximum absolute atomic E-state index is 13.7. The third-order valence-electron chi connectivity index (χ3n) is 4.87. The first kappa shape index (κ1) is 15.4. The number of carbonyl (C=O) groups excluding carboxylic acids is 1. The van der Waals surface area contributed by atoms with Crippen molar-refractivity contribution in [3.8, 4) is 0 Å². The molecule has 1 saturated carbocycles. The molecule has 1 aliphatic carbocycles. The highest BCUT2D eigenvalue weighted by molar-refractivity contribution is 5.82. The Morgan fingerprint density at radius 3 is 2.95 bits per heavy atom. The third-order valence-corrected chi connectivity index (χ3v) is 4.87. The van der Waals surface area contributed by atoms with Crippen LogP contribution < -0.4 is 5.32 Å². The van der Waals surface area contributed by atoms with Crippen LogP contribution in [-0.2, 0) is 4.79 Å². The average molecular weight is 308 g/mol. The zero-order valence-corrected chi connectivity index (χ0v) is 12.8. The number of nitrogens with zero attached hydrogens (tertiary/aromatic N) is 1. The third kappa shape index (κ3) is 3.29. The zero-order valence-electron chi connectivity index (χ0n) is 12.8. The van der Waals surface area contributed by atoms with Gasteiger partial charge >= 0.3 is 0 Å². The van der Waals surface area contributed by atoms with E-state index in [9.17, 15) is 13.6 Å². The van der Waals surface area contributed by atoms with Crippen molar-refractivity contribution in [2.24, 2.45) is 5.92 Å². The molecule has 1 N–H and O–H groups in total. The molecule has 120 valence electrons. The van der Waals surface area contributed by atoms with Gasteiger partial charge in [-0.05, 0) is 62.4 Å². The first-order chi connectivity index (χ1) is 10.6. The number of halogens is 2. The number of hydrogen-bond donors (Lipinski definition) is 1. The Balaban J connectivity index is 1.47. The van der Waals surface area contributed by atoms with Gasteiger partial charge in [-0.3, -0.25) is 9.69 Å². The second-order valence-corrected chi connectivity index (χ2v) is 6.43. The van der Waals surface area contributed by atoms with E-state index in [4.69, 9.17) is 0 Å². The van der Waals surface area contributed by atoms with Crippen molar-refractivity contribution in [1.29, 1.82) is 0 Å². The topological polar surface area (TPSA) is 32.3 Å². The normalized spacial score (nSPS) is 27.9. The van der Waals surface area contributed by atoms with Crippen LogP contribution in [0.4, 0.5) is 8.78 Å². The van der Waals surface area contributed by atoms with Gasteiger partial charge in [0.1, 0.15) is 11.6 Å². The molecule has 3 atom stereocenters. The lowest BCUT2D eigenvalue weighted by atomic mass is 10.1. The molecule has 3 rings (SSSR count). The summed E-state index contributed by atoms with van der Waals surface area (Å²) in [5, 5.41) is 2.93. The van der Waals surface area contributed by atoms with Gasteiger partial charge in [-0.2, -0.15) is 0 Å². The Kier molecular flexibility index (Phi) is 4.43. The molecule has 1 saturated heterocycles. The summed E-state index contributed by atoms with van der Waals surface area (Å²) < 4.78 is 26.9. The predicted molar refractivity (Wildman–Crippen MR) is 80.5 cm³/mol. The maximum Gasteiger partial charge on any atom is 0.223 e. The van der Waals surface area contributed by atoms with E-state index >= 15 is 0 Å². The van der Waals surface area contributed by atoms with E-state index < -0.39 is 11.6 Å². The van der Waals surface area contributed by atoms with Crippen LogP contribution in [0.25, 0.3) is 0 Å². The summed E-state index contributed by atoms with van der Waals surface area (Å²) in [4.78, 5) is 14.5. The molecule has 0 unspecified atom stereocenters. The lowest BCUT2D eigenvalue weighted by molar-refractivity contribution is -0.122. The van der Waals surface area contributed by atoms with Crippen molar-refractivity contribution < 1.29 is 13.6 Å². The summed E-state index contributed by atoms with van der Waals surface area (Å²) in [6.07, 6.45) is 3.04. The summed E-state index contributed by atoms with van der Waals surface area (Å²) in [7, 11) is 0. The van der Waals surface area contributed by atoms with Crippen molar-refractivity contribution in [3.63, 3.8) is 0 Å². The molecule has 1 aromatic carbocycles. The summed E-state index contributed by atoms with van der Waals surface area (Å²) in [6.45, 7) is 4.78. The standard InChI is InChI=1S/C17H22F2N2O/c1-11-3-2-7-21(11)8-6-20-17(22)15-10-13(15)14-9-12(18)4-5-16(14)19/h4-5,9,11,13,15H,2-3,6-8,10H2,1H3,(H,20,22)/t11-,13+,15-/m1/s1. The molecular weight excluding hydrogens is 286 g/mol. The van der Waals surface area contributed by atoms with Gasteiger partial charge in [0, 0.05) is 25.0 Å². The SMILES string of the molecule is C[C@@H]1CCCN1CCNC(=O)[C@@H]1C[C@H]1c1cc(F)ccc1F. The molecule has 5 heteroatoms.